The van der Waals surface area contributed by atoms with Crippen LogP contribution in [0.25, 0.3) is 0 Å². The highest BCUT2D eigenvalue weighted by Gasteiger charge is 2.33. The molecular formula is C22H34N4O5. The van der Waals surface area contributed by atoms with Gasteiger partial charge in [-0.2, -0.15) is 4.98 Å². The number of hydrogen-bond acceptors (Lipinski definition) is 8. The molecule has 0 radical (unpaired) electrons. The molecule has 0 bridgehead atoms. The Labute approximate surface area is 184 Å². The molecule has 0 aliphatic carbocycles. The number of hydrogen-bond donors (Lipinski definition) is 0. The Morgan fingerprint density at radius 1 is 1.19 bits per heavy atom. The van der Waals surface area contributed by atoms with Crippen LogP contribution in [0.15, 0.2) is 6.07 Å². The molecule has 2 aliphatic heterocycles. The first-order chi connectivity index (χ1) is 14.6. The summed E-state index contributed by atoms with van der Waals surface area (Å²) < 4.78 is 16.5. The molecule has 9 nitrogen and oxygen atoms in total. The Hall–Kier alpha value is -2.42. The lowest BCUT2D eigenvalue weighted by Gasteiger charge is -2.26. The van der Waals surface area contributed by atoms with E-state index in [0.29, 0.717) is 30.7 Å². The molecule has 1 unspecified atom stereocenters. The molecule has 1 aromatic heterocycles. The van der Waals surface area contributed by atoms with Crippen molar-refractivity contribution in [3.63, 3.8) is 0 Å². The fourth-order valence-corrected chi connectivity index (χ4v) is 4.19. The van der Waals surface area contributed by atoms with Crippen molar-refractivity contribution in [1.82, 2.24) is 19.8 Å². The maximum atomic E-state index is 12.4. The van der Waals surface area contributed by atoms with Crippen molar-refractivity contribution in [2.45, 2.75) is 70.6 Å². The second-order valence-corrected chi connectivity index (χ2v) is 9.37. The van der Waals surface area contributed by atoms with Gasteiger partial charge in [-0.05, 0) is 60.5 Å². The van der Waals surface area contributed by atoms with E-state index in [0.717, 1.165) is 25.8 Å². The van der Waals surface area contributed by atoms with Crippen molar-refractivity contribution in [3.8, 4) is 5.88 Å². The number of esters is 1. The Morgan fingerprint density at radius 2 is 1.94 bits per heavy atom. The maximum absolute atomic E-state index is 12.4. The molecule has 0 aromatic carbocycles. The van der Waals surface area contributed by atoms with Crippen LogP contribution >= 0.6 is 0 Å². The van der Waals surface area contributed by atoms with Crippen LogP contribution < -0.4 is 4.74 Å². The zero-order valence-corrected chi connectivity index (χ0v) is 19.4. The molecule has 0 saturated carbocycles. The van der Waals surface area contributed by atoms with E-state index in [-0.39, 0.29) is 23.9 Å². The minimum absolute atomic E-state index is 0.0299. The minimum Gasteiger partial charge on any atom is -0.473 e. The SMILES string of the molecule is COC(=O)c1nc(O[C@@H](C)[C@@H]2CCCN2C)cc(C2CCN(C(=O)OC(C)(C)C)C2)n1. The highest BCUT2D eigenvalue weighted by atomic mass is 16.6. The largest absolute Gasteiger partial charge is 0.473 e. The number of likely N-dealkylation sites (N-methyl/N-ethyl adjacent to an activating group) is 1. The van der Waals surface area contributed by atoms with Gasteiger partial charge in [-0.3, -0.25) is 4.90 Å². The molecule has 172 valence electrons. The second kappa shape index (κ2) is 9.38. The van der Waals surface area contributed by atoms with Gasteiger partial charge in [0.25, 0.3) is 0 Å². The molecule has 0 spiro atoms. The van der Waals surface area contributed by atoms with Crippen molar-refractivity contribution < 1.29 is 23.8 Å². The predicted octanol–water partition coefficient (Wildman–Crippen LogP) is 2.85. The summed E-state index contributed by atoms with van der Waals surface area (Å²) in [6.07, 6.45) is 2.50. The monoisotopic (exact) mass is 434 g/mol. The Bertz CT molecular complexity index is 810. The number of methoxy groups -OCH3 is 1. The van der Waals surface area contributed by atoms with Crippen molar-refractivity contribution in [2.75, 3.05) is 33.8 Å². The molecule has 9 heteroatoms. The molecule has 31 heavy (non-hydrogen) atoms. The van der Waals surface area contributed by atoms with E-state index in [9.17, 15) is 9.59 Å². The van der Waals surface area contributed by atoms with E-state index >= 15 is 0 Å². The van der Waals surface area contributed by atoms with Crippen molar-refractivity contribution in [3.05, 3.63) is 17.6 Å². The Balaban J connectivity index is 1.77. The summed E-state index contributed by atoms with van der Waals surface area (Å²) in [5.74, 6) is -0.323. The van der Waals surface area contributed by atoms with E-state index in [1.807, 2.05) is 27.7 Å². The first kappa shape index (κ1) is 23.2. The third kappa shape index (κ3) is 5.84. The zero-order chi connectivity index (χ0) is 22.8. The summed E-state index contributed by atoms with van der Waals surface area (Å²) in [6, 6.07) is 2.08. The van der Waals surface area contributed by atoms with E-state index in [1.165, 1.54) is 7.11 Å². The molecule has 3 atom stereocenters. The number of carbonyl (C=O) groups excluding carboxylic acids is 2. The minimum atomic E-state index is -0.612. The molecule has 2 saturated heterocycles. The van der Waals surface area contributed by atoms with Gasteiger partial charge in [-0.15, -0.1) is 0 Å². The fraction of sp³-hybridized carbons (Fsp3) is 0.727. The summed E-state index contributed by atoms with van der Waals surface area (Å²) in [4.78, 5) is 37.2. The van der Waals surface area contributed by atoms with Gasteiger partial charge in [0, 0.05) is 31.1 Å². The molecule has 1 aromatic rings. The average molecular weight is 435 g/mol. The topological polar surface area (TPSA) is 94.1 Å². The molecule has 1 amide bonds. The summed E-state index contributed by atoms with van der Waals surface area (Å²) in [5.41, 5.74) is 0.121. The molecule has 2 fully saturated rings. The van der Waals surface area contributed by atoms with E-state index < -0.39 is 11.6 Å². The molecule has 2 aliphatic rings. The molecule has 3 rings (SSSR count). The zero-order valence-electron chi connectivity index (χ0n) is 19.4. The van der Waals surface area contributed by atoms with Gasteiger partial charge in [0.05, 0.1) is 12.8 Å². The lowest BCUT2D eigenvalue weighted by atomic mass is 10.0. The number of ether oxygens (including phenoxy) is 3. The molecular weight excluding hydrogens is 400 g/mol. The highest BCUT2D eigenvalue weighted by molar-refractivity contribution is 5.85. The lowest BCUT2D eigenvalue weighted by Crippen LogP contribution is -2.38. The molecule has 3 heterocycles. The van der Waals surface area contributed by atoms with Crippen LogP contribution in [-0.4, -0.2) is 83.4 Å². The maximum Gasteiger partial charge on any atom is 0.410 e. The number of aromatic nitrogens is 2. The van der Waals surface area contributed by atoms with Gasteiger partial charge in [-0.25, -0.2) is 14.6 Å². The van der Waals surface area contributed by atoms with Gasteiger partial charge in [0.2, 0.25) is 11.7 Å². The van der Waals surface area contributed by atoms with Gasteiger partial charge in [-0.1, -0.05) is 0 Å². The smallest absolute Gasteiger partial charge is 0.410 e. The first-order valence-electron chi connectivity index (χ1n) is 10.9. The standard InChI is InChI=1S/C22H34N4O5/c1-14(17-8-7-10-25(17)5)30-18-12-16(23-19(24-18)20(27)29-6)15-9-11-26(13-15)21(28)31-22(2,3)4/h12,14-15,17H,7-11,13H2,1-6H3/t14-,15?,17-/m0/s1. The van der Waals surface area contributed by atoms with Gasteiger partial charge < -0.3 is 19.1 Å². The Morgan fingerprint density at radius 3 is 2.55 bits per heavy atom. The van der Waals surface area contributed by atoms with Crippen LogP contribution in [0.5, 0.6) is 5.88 Å². The summed E-state index contributed by atoms with van der Waals surface area (Å²) in [7, 11) is 3.39. The number of likely N-dealkylation sites (tertiary alicyclic amines) is 2. The van der Waals surface area contributed by atoms with Crippen LogP contribution in [-0.2, 0) is 9.47 Å². The number of nitrogens with zero attached hydrogens (tertiary/aromatic N) is 4. The fourth-order valence-electron chi connectivity index (χ4n) is 4.19. The van der Waals surface area contributed by atoms with Gasteiger partial charge in [0.1, 0.15) is 11.7 Å². The third-order valence-electron chi connectivity index (χ3n) is 5.77. The number of carbonyl (C=O) groups is 2. The van der Waals surface area contributed by atoms with E-state index in [1.54, 1.807) is 11.0 Å². The first-order valence-corrected chi connectivity index (χ1v) is 10.9. The normalized spacial score (nSPS) is 23.0. The lowest BCUT2D eigenvalue weighted by molar-refractivity contribution is 0.0292. The summed E-state index contributed by atoms with van der Waals surface area (Å²) in [6.45, 7) is 9.63. The van der Waals surface area contributed by atoms with Crippen LogP contribution in [0.4, 0.5) is 4.79 Å². The molecule has 0 N–H and O–H groups in total. The predicted molar refractivity (Wildman–Crippen MR) is 114 cm³/mol. The van der Waals surface area contributed by atoms with E-state index in [4.69, 9.17) is 14.2 Å². The van der Waals surface area contributed by atoms with Crippen LogP contribution in [0, 0.1) is 0 Å². The van der Waals surface area contributed by atoms with E-state index in [2.05, 4.69) is 21.9 Å². The second-order valence-electron chi connectivity index (χ2n) is 9.37. The van der Waals surface area contributed by atoms with Gasteiger partial charge >= 0.3 is 12.1 Å². The summed E-state index contributed by atoms with van der Waals surface area (Å²) in [5, 5.41) is 0. The summed E-state index contributed by atoms with van der Waals surface area (Å²) >= 11 is 0. The highest BCUT2D eigenvalue weighted by Crippen LogP contribution is 2.30. The average Bonchev–Trinajstić information content (AvgIpc) is 3.35. The van der Waals surface area contributed by atoms with Crippen molar-refractivity contribution in [1.29, 1.82) is 0 Å². The van der Waals surface area contributed by atoms with Crippen LogP contribution in [0.2, 0.25) is 0 Å². The van der Waals surface area contributed by atoms with Crippen molar-refractivity contribution in [2.24, 2.45) is 0 Å². The Kier molecular flexibility index (Phi) is 7.03. The van der Waals surface area contributed by atoms with Crippen molar-refractivity contribution >= 4 is 12.1 Å². The van der Waals surface area contributed by atoms with Crippen LogP contribution in [0.1, 0.15) is 69.2 Å². The number of rotatable bonds is 5. The third-order valence-corrected chi connectivity index (χ3v) is 5.77. The quantitative estimate of drug-likeness (QED) is 0.653. The van der Waals surface area contributed by atoms with Crippen LogP contribution in [0.3, 0.4) is 0 Å². The van der Waals surface area contributed by atoms with Gasteiger partial charge in [0.15, 0.2) is 0 Å². The number of amides is 1.